The smallest absolute Gasteiger partial charge is 0.169 e. The summed E-state index contributed by atoms with van der Waals surface area (Å²) in [6, 6.07) is 3.75. The van der Waals surface area contributed by atoms with Gasteiger partial charge in [-0.2, -0.15) is 0 Å². The van der Waals surface area contributed by atoms with Crippen LogP contribution in [0.5, 0.6) is 0 Å². The molecule has 0 aliphatic carbocycles. The third-order valence-electron chi connectivity index (χ3n) is 1.78. The molecular weight excluding hydrogens is 234 g/mol. The van der Waals surface area contributed by atoms with Gasteiger partial charge in [-0.15, -0.1) is 0 Å². The molecule has 1 aromatic rings. The number of hydrogen-bond donors (Lipinski definition) is 2. The minimum absolute atomic E-state index is 0.265. The molecule has 0 aromatic carbocycles. The van der Waals surface area contributed by atoms with Crippen molar-refractivity contribution in [3.8, 4) is 0 Å². The Morgan fingerprint density at radius 1 is 1.62 bits per heavy atom. The molecule has 0 bridgehead atoms. The van der Waals surface area contributed by atoms with Crippen LogP contribution >= 0.6 is 15.9 Å². The summed E-state index contributed by atoms with van der Waals surface area (Å²) in [4.78, 5) is 0. The monoisotopic (exact) mass is 247 g/mol. The number of furan rings is 1. The maximum atomic E-state index is 9.24. The van der Waals surface area contributed by atoms with E-state index in [2.05, 4.69) is 21.2 Å². The molecule has 74 valence electrons. The average molecular weight is 248 g/mol. The van der Waals surface area contributed by atoms with E-state index >= 15 is 0 Å². The Bertz CT molecular complexity index is 250. The van der Waals surface area contributed by atoms with Crippen LogP contribution in [0.2, 0.25) is 0 Å². The van der Waals surface area contributed by atoms with E-state index in [9.17, 15) is 5.11 Å². The van der Waals surface area contributed by atoms with E-state index in [4.69, 9.17) is 4.42 Å². The molecule has 0 aliphatic rings. The fourth-order valence-corrected chi connectivity index (χ4v) is 1.29. The molecule has 1 aromatic heterocycles. The highest BCUT2D eigenvalue weighted by Gasteiger charge is 2.01. The Hall–Kier alpha value is -0.320. The van der Waals surface area contributed by atoms with Crippen LogP contribution in [0, 0.1) is 0 Å². The third kappa shape index (κ3) is 3.93. The van der Waals surface area contributed by atoms with Gasteiger partial charge < -0.3 is 14.8 Å². The number of aliphatic hydroxyl groups excluding tert-OH is 1. The molecular formula is C9H14BrNO2. The molecule has 0 saturated carbocycles. The fourth-order valence-electron chi connectivity index (χ4n) is 0.953. The summed E-state index contributed by atoms with van der Waals surface area (Å²) in [6.45, 7) is 3.22. The number of hydrogen-bond acceptors (Lipinski definition) is 3. The van der Waals surface area contributed by atoms with Crippen LogP contribution < -0.4 is 5.32 Å². The Labute approximate surface area is 86.3 Å². The quantitative estimate of drug-likeness (QED) is 0.836. The highest BCUT2D eigenvalue weighted by Crippen LogP contribution is 2.13. The van der Waals surface area contributed by atoms with Crippen molar-refractivity contribution in [2.75, 3.05) is 6.54 Å². The standard InChI is InChI=1S/C9H14BrNO2/c1-2-7(12)5-11-6-8-3-4-9(10)13-8/h3-4,7,11-12H,2,5-6H2,1H3. The third-order valence-corrected chi connectivity index (χ3v) is 2.21. The Balaban J connectivity index is 2.20. The van der Waals surface area contributed by atoms with Crippen LogP contribution in [0.3, 0.4) is 0 Å². The summed E-state index contributed by atoms with van der Waals surface area (Å²) in [5.41, 5.74) is 0. The summed E-state index contributed by atoms with van der Waals surface area (Å²) >= 11 is 3.22. The Morgan fingerprint density at radius 2 is 2.38 bits per heavy atom. The maximum absolute atomic E-state index is 9.24. The van der Waals surface area contributed by atoms with Gasteiger partial charge in [0.15, 0.2) is 4.67 Å². The predicted octanol–water partition coefficient (Wildman–Crippen LogP) is 1.90. The van der Waals surface area contributed by atoms with Crippen molar-refractivity contribution in [3.63, 3.8) is 0 Å². The van der Waals surface area contributed by atoms with Gasteiger partial charge in [0.1, 0.15) is 5.76 Å². The van der Waals surface area contributed by atoms with Crippen LogP contribution in [-0.2, 0) is 6.54 Å². The van der Waals surface area contributed by atoms with Gasteiger partial charge in [0, 0.05) is 6.54 Å². The van der Waals surface area contributed by atoms with Gasteiger partial charge in [-0.05, 0) is 34.5 Å². The lowest BCUT2D eigenvalue weighted by atomic mass is 10.3. The van der Waals surface area contributed by atoms with Crippen LogP contribution in [-0.4, -0.2) is 17.8 Å². The zero-order chi connectivity index (χ0) is 9.68. The van der Waals surface area contributed by atoms with Gasteiger partial charge in [-0.25, -0.2) is 0 Å². The van der Waals surface area contributed by atoms with E-state index in [1.807, 2.05) is 19.1 Å². The average Bonchev–Trinajstić information content (AvgIpc) is 2.51. The van der Waals surface area contributed by atoms with Gasteiger partial charge in [-0.3, -0.25) is 0 Å². The SMILES string of the molecule is CCC(O)CNCc1ccc(Br)o1. The first kappa shape index (κ1) is 10.8. The van der Waals surface area contributed by atoms with Crippen molar-refractivity contribution < 1.29 is 9.52 Å². The minimum atomic E-state index is -0.265. The van der Waals surface area contributed by atoms with E-state index in [0.29, 0.717) is 13.1 Å². The topological polar surface area (TPSA) is 45.4 Å². The van der Waals surface area contributed by atoms with Crippen LogP contribution in [0.15, 0.2) is 21.2 Å². The van der Waals surface area contributed by atoms with Gasteiger partial charge in [0.05, 0.1) is 12.6 Å². The molecule has 0 amide bonds. The van der Waals surface area contributed by atoms with Crippen molar-refractivity contribution >= 4 is 15.9 Å². The normalized spacial score (nSPS) is 13.2. The first-order valence-electron chi connectivity index (χ1n) is 4.35. The number of rotatable bonds is 5. The first-order valence-corrected chi connectivity index (χ1v) is 5.14. The van der Waals surface area contributed by atoms with E-state index in [1.165, 1.54) is 0 Å². The lowest BCUT2D eigenvalue weighted by molar-refractivity contribution is 0.166. The largest absolute Gasteiger partial charge is 0.453 e. The first-order chi connectivity index (χ1) is 6.22. The second kappa shape index (κ2) is 5.42. The Morgan fingerprint density at radius 3 is 2.92 bits per heavy atom. The molecule has 3 nitrogen and oxygen atoms in total. The molecule has 4 heteroatoms. The van der Waals surface area contributed by atoms with Crippen molar-refractivity contribution in [1.82, 2.24) is 5.32 Å². The number of halogens is 1. The minimum Gasteiger partial charge on any atom is -0.453 e. The van der Waals surface area contributed by atoms with Gasteiger partial charge in [-0.1, -0.05) is 6.92 Å². The molecule has 0 radical (unpaired) electrons. The van der Waals surface area contributed by atoms with E-state index in [0.717, 1.165) is 16.9 Å². The summed E-state index contributed by atoms with van der Waals surface area (Å²) in [5, 5.41) is 12.3. The Kier molecular flexibility index (Phi) is 4.48. The van der Waals surface area contributed by atoms with E-state index < -0.39 is 0 Å². The highest BCUT2D eigenvalue weighted by atomic mass is 79.9. The van der Waals surface area contributed by atoms with E-state index in [-0.39, 0.29) is 6.10 Å². The van der Waals surface area contributed by atoms with Crippen LogP contribution in [0.4, 0.5) is 0 Å². The van der Waals surface area contributed by atoms with Gasteiger partial charge in [0.25, 0.3) is 0 Å². The second-order valence-electron chi connectivity index (χ2n) is 2.90. The van der Waals surface area contributed by atoms with Crippen LogP contribution in [0.1, 0.15) is 19.1 Å². The molecule has 13 heavy (non-hydrogen) atoms. The zero-order valence-corrected chi connectivity index (χ0v) is 9.17. The van der Waals surface area contributed by atoms with Crippen molar-refractivity contribution in [3.05, 3.63) is 22.6 Å². The zero-order valence-electron chi connectivity index (χ0n) is 7.59. The predicted molar refractivity (Wildman–Crippen MR) is 54.4 cm³/mol. The molecule has 1 rings (SSSR count). The molecule has 1 unspecified atom stereocenters. The van der Waals surface area contributed by atoms with Gasteiger partial charge in [0.2, 0.25) is 0 Å². The second-order valence-corrected chi connectivity index (χ2v) is 3.68. The summed E-state index contributed by atoms with van der Waals surface area (Å²) in [7, 11) is 0. The van der Waals surface area contributed by atoms with Crippen LogP contribution in [0.25, 0.3) is 0 Å². The molecule has 1 heterocycles. The van der Waals surface area contributed by atoms with Gasteiger partial charge >= 0.3 is 0 Å². The van der Waals surface area contributed by atoms with Crippen molar-refractivity contribution in [2.24, 2.45) is 0 Å². The molecule has 2 N–H and O–H groups in total. The van der Waals surface area contributed by atoms with E-state index in [1.54, 1.807) is 0 Å². The molecule has 0 fully saturated rings. The molecule has 0 saturated heterocycles. The molecule has 1 atom stereocenters. The fraction of sp³-hybridized carbons (Fsp3) is 0.556. The lowest BCUT2D eigenvalue weighted by Crippen LogP contribution is -2.25. The molecule has 0 aliphatic heterocycles. The molecule has 0 spiro atoms. The summed E-state index contributed by atoms with van der Waals surface area (Å²) in [6.07, 6.45) is 0.507. The summed E-state index contributed by atoms with van der Waals surface area (Å²) in [5.74, 6) is 0.871. The number of nitrogens with one attached hydrogen (secondary N) is 1. The van der Waals surface area contributed by atoms with Crippen molar-refractivity contribution in [1.29, 1.82) is 0 Å². The highest BCUT2D eigenvalue weighted by molar-refractivity contribution is 9.10. The summed E-state index contributed by atoms with van der Waals surface area (Å²) < 4.78 is 6.01. The lowest BCUT2D eigenvalue weighted by Gasteiger charge is -2.07. The maximum Gasteiger partial charge on any atom is 0.169 e. The number of aliphatic hydroxyl groups is 1. The van der Waals surface area contributed by atoms with Crippen molar-refractivity contribution in [2.45, 2.75) is 26.0 Å².